The number of fused-ring (bicyclic) bond motifs is 6. The van der Waals surface area contributed by atoms with E-state index in [4.69, 9.17) is 8.83 Å². The summed E-state index contributed by atoms with van der Waals surface area (Å²) in [6.45, 7) is 0. The molecule has 0 aliphatic rings. The molecule has 0 saturated heterocycles. The first kappa shape index (κ1) is 49.4. The maximum atomic E-state index is 6.12. The van der Waals surface area contributed by atoms with Gasteiger partial charge in [-0.1, -0.05) is 218 Å². The summed E-state index contributed by atoms with van der Waals surface area (Å²) >= 11 is 0. The van der Waals surface area contributed by atoms with Crippen LogP contribution >= 0.6 is 0 Å². The van der Waals surface area contributed by atoms with Crippen LogP contribution in [0.5, 0.6) is 0 Å². The van der Waals surface area contributed by atoms with Crippen molar-refractivity contribution in [2.45, 2.75) is 0 Å². The Morgan fingerprint density at radius 1 is 0.159 bits per heavy atom. The van der Waals surface area contributed by atoms with E-state index in [2.05, 4.69) is 301 Å². The minimum Gasteiger partial charge on any atom is -0.456 e. The molecule has 2 aromatic heterocycles. The Balaban J connectivity index is 0.000000148. The van der Waals surface area contributed by atoms with Crippen molar-refractivity contribution in [1.29, 1.82) is 0 Å². The van der Waals surface area contributed by atoms with Gasteiger partial charge in [0.05, 0.1) is 0 Å². The predicted molar refractivity (Wildman–Crippen MR) is 344 cm³/mol. The Morgan fingerprint density at radius 3 is 0.707 bits per heavy atom. The van der Waals surface area contributed by atoms with Gasteiger partial charge in [-0.3, -0.25) is 0 Å². The van der Waals surface area contributed by atoms with Crippen molar-refractivity contribution < 1.29 is 8.83 Å². The number of hydrogen-bond acceptors (Lipinski definition) is 4. The van der Waals surface area contributed by atoms with Crippen molar-refractivity contribution in [2.24, 2.45) is 0 Å². The quantitative estimate of drug-likeness (QED) is 0.129. The molecule has 82 heavy (non-hydrogen) atoms. The number of hydrogen-bond donors (Lipinski definition) is 0. The van der Waals surface area contributed by atoms with Gasteiger partial charge in [-0.05, 0) is 165 Å². The first-order chi connectivity index (χ1) is 40.6. The van der Waals surface area contributed by atoms with Crippen molar-refractivity contribution in [1.82, 2.24) is 0 Å². The molecule has 0 saturated carbocycles. The van der Waals surface area contributed by atoms with Crippen LogP contribution in [0.4, 0.5) is 34.1 Å². The maximum absolute atomic E-state index is 6.12. The van der Waals surface area contributed by atoms with Crippen LogP contribution in [0, 0.1) is 0 Å². The molecule has 0 unspecified atom stereocenters. The summed E-state index contributed by atoms with van der Waals surface area (Å²) in [5, 5.41) is 4.62. The van der Waals surface area contributed by atoms with E-state index in [1.165, 1.54) is 44.5 Å². The molecule has 0 N–H and O–H groups in total. The standard InChI is InChI=1S/C42H29NO.C36H25NO/c1-3-9-30(10-4-1)32-19-24-37(25-20-32)43(36-11-5-2-6-12-36)38-26-21-33(22-27-38)31-15-17-34(18-16-31)35-23-28-40-39-13-7-8-14-41(39)44-42(40)29-35;1-3-9-30(10-4-1)37(31-11-5-2-6-12-31)32-22-19-27(20-23-32)26-15-17-28(18-16-26)29-21-24-34-33-13-7-8-14-35(33)38-36(34)25-29/h1-29H;1-25H. The molecule has 0 amide bonds. The van der Waals surface area contributed by atoms with Crippen molar-refractivity contribution in [3.8, 4) is 55.6 Å². The van der Waals surface area contributed by atoms with Crippen LogP contribution in [-0.2, 0) is 0 Å². The Bertz CT molecular complexity index is 4570. The minimum atomic E-state index is 0.918. The van der Waals surface area contributed by atoms with Crippen LogP contribution in [0.3, 0.4) is 0 Å². The zero-order chi connectivity index (χ0) is 54.6. The summed E-state index contributed by atoms with van der Waals surface area (Å²) in [6, 6.07) is 115. The summed E-state index contributed by atoms with van der Waals surface area (Å²) in [4.78, 5) is 4.58. The van der Waals surface area contributed by atoms with Gasteiger partial charge in [-0.2, -0.15) is 0 Å². The predicted octanol–water partition coefficient (Wildman–Crippen LogP) is 22.4. The van der Waals surface area contributed by atoms with Gasteiger partial charge < -0.3 is 18.6 Å². The molecular formula is C78H54N2O2. The number of anilines is 6. The molecule has 4 heteroatoms. The Hall–Kier alpha value is -10.9. The first-order valence-electron chi connectivity index (χ1n) is 27.8. The average molecular weight is 1050 g/mol. The van der Waals surface area contributed by atoms with Crippen LogP contribution in [0.2, 0.25) is 0 Å². The SMILES string of the molecule is c1ccc(-c2ccc(N(c3ccccc3)c3ccc(-c4ccc(-c5ccc6c(c5)oc5ccccc56)cc4)cc3)cc2)cc1.c1ccc(N(c2ccccc2)c2ccc(-c3ccc(-c4ccc5c(c4)oc4ccccc45)cc3)cc2)cc1. The molecular weight excluding hydrogens is 997 g/mol. The van der Waals surface area contributed by atoms with Gasteiger partial charge >= 0.3 is 0 Å². The molecule has 0 fully saturated rings. The van der Waals surface area contributed by atoms with Gasteiger partial charge in [0.1, 0.15) is 22.3 Å². The van der Waals surface area contributed by atoms with Gasteiger partial charge in [0.25, 0.3) is 0 Å². The van der Waals surface area contributed by atoms with E-state index in [1.54, 1.807) is 0 Å². The average Bonchev–Trinajstić information content (AvgIpc) is 4.16. The van der Waals surface area contributed by atoms with Gasteiger partial charge in [-0.15, -0.1) is 0 Å². The largest absolute Gasteiger partial charge is 0.456 e. The van der Waals surface area contributed by atoms with Crippen LogP contribution in [-0.4, -0.2) is 0 Å². The van der Waals surface area contributed by atoms with Crippen LogP contribution in [0.25, 0.3) is 99.5 Å². The zero-order valence-corrected chi connectivity index (χ0v) is 44.9. The maximum Gasteiger partial charge on any atom is 0.136 e. The van der Waals surface area contributed by atoms with Crippen molar-refractivity contribution in [3.63, 3.8) is 0 Å². The molecule has 0 spiro atoms. The number of nitrogens with zero attached hydrogens (tertiary/aromatic N) is 2. The molecule has 0 aliphatic carbocycles. The summed E-state index contributed by atoms with van der Waals surface area (Å²) in [7, 11) is 0. The lowest BCUT2D eigenvalue weighted by Crippen LogP contribution is -2.09. The lowest BCUT2D eigenvalue weighted by molar-refractivity contribution is 0.668. The van der Waals surface area contributed by atoms with E-state index in [9.17, 15) is 0 Å². The molecule has 13 aromatic carbocycles. The van der Waals surface area contributed by atoms with Gasteiger partial charge in [0.2, 0.25) is 0 Å². The second kappa shape index (κ2) is 22.1. The number of benzene rings is 13. The van der Waals surface area contributed by atoms with E-state index in [0.717, 1.165) is 89.1 Å². The molecule has 0 bridgehead atoms. The first-order valence-corrected chi connectivity index (χ1v) is 27.8. The fraction of sp³-hybridized carbons (Fsp3) is 0. The highest BCUT2D eigenvalue weighted by molar-refractivity contribution is 6.07. The normalized spacial score (nSPS) is 11.2. The second-order valence-corrected chi connectivity index (χ2v) is 20.5. The van der Waals surface area contributed by atoms with Crippen molar-refractivity contribution >= 4 is 78.0 Å². The summed E-state index contributed by atoms with van der Waals surface area (Å²) in [5.74, 6) is 0. The zero-order valence-electron chi connectivity index (χ0n) is 44.9. The Labute approximate surface area is 477 Å². The highest BCUT2D eigenvalue weighted by Crippen LogP contribution is 2.40. The molecule has 15 aromatic rings. The third-order valence-electron chi connectivity index (χ3n) is 15.4. The fourth-order valence-corrected chi connectivity index (χ4v) is 11.2. The molecule has 15 rings (SSSR count). The highest BCUT2D eigenvalue weighted by Gasteiger charge is 2.16. The topological polar surface area (TPSA) is 32.8 Å². The second-order valence-electron chi connectivity index (χ2n) is 20.5. The lowest BCUT2D eigenvalue weighted by atomic mass is 9.99. The summed E-state index contributed by atoms with van der Waals surface area (Å²) in [5.41, 5.74) is 22.3. The highest BCUT2D eigenvalue weighted by atomic mass is 16.3. The number of para-hydroxylation sites is 5. The third-order valence-corrected chi connectivity index (χ3v) is 15.4. The van der Waals surface area contributed by atoms with Gasteiger partial charge in [0, 0.05) is 55.7 Å². The molecule has 0 aliphatic heterocycles. The molecule has 4 nitrogen and oxygen atoms in total. The molecule has 2 heterocycles. The van der Waals surface area contributed by atoms with Crippen LogP contribution in [0.1, 0.15) is 0 Å². The molecule has 0 radical (unpaired) electrons. The fourth-order valence-electron chi connectivity index (χ4n) is 11.2. The van der Waals surface area contributed by atoms with E-state index in [0.29, 0.717) is 0 Å². The molecule has 0 atom stereocenters. The smallest absolute Gasteiger partial charge is 0.136 e. The van der Waals surface area contributed by atoms with Crippen LogP contribution < -0.4 is 9.80 Å². The van der Waals surface area contributed by atoms with E-state index in [-0.39, 0.29) is 0 Å². The van der Waals surface area contributed by atoms with Gasteiger partial charge in [-0.25, -0.2) is 0 Å². The summed E-state index contributed by atoms with van der Waals surface area (Å²) < 4.78 is 12.2. The third kappa shape index (κ3) is 9.98. The van der Waals surface area contributed by atoms with Crippen LogP contribution in [0.15, 0.2) is 336 Å². The Morgan fingerprint density at radius 2 is 0.378 bits per heavy atom. The van der Waals surface area contributed by atoms with E-state index < -0.39 is 0 Å². The van der Waals surface area contributed by atoms with Crippen molar-refractivity contribution in [3.05, 3.63) is 328 Å². The minimum absolute atomic E-state index is 0.918. The number of rotatable bonds is 11. The Kier molecular flexibility index (Phi) is 13.3. The lowest BCUT2D eigenvalue weighted by Gasteiger charge is -2.26. The van der Waals surface area contributed by atoms with E-state index >= 15 is 0 Å². The summed E-state index contributed by atoms with van der Waals surface area (Å²) in [6.07, 6.45) is 0. The van der Waals surface area contributed by atoms with Crippen molar-refractivity contribution in [2.75, 3.05) is 9.80 Å². The van der Waals surface area contributed by atoms with E-state index in [1.807, 2.05) is 36.4 Å². The van der Waals surface area contributed by atoms with Gasteiger partial charge in [0.15, 0.2) is 0 Å². The monoisotopic (exact) mass is 1050 g/mol. The molecule has 388 valence electrons. The number of furan rings is 2.